The van der Waals surface area contributed by atoms with Crippen molar-refractivity contribution in [2.24, 2.45) is 0 Å². The summed E-state index contributed by atoms with van der Waals surface area (Å²) in [4.78, 5) is 0. The smallest absolute Gasteiger partial charge is 0.109 e. The van der Waals surface area contributed by atoms with Crippen LogP contribution in [0.4, 0.5) is 0 Å². The molecule has 0 bridgehead atoms. The Balaban J connectivity index is 0. The molecule has 0 aromatic carbocycles. The third-order valence-corrected chi connectivity index (χ3v) is 1.10. The van der Waals surface area contributed by atoms with Crippen LogP contribution < -0.4 is 0 Å². The maximum atomic E-state index is 7.49. The summed E-state index contributed by atoms with van der Waals surface area (Å²) < 4.78 is 9.89. The number of hydrogen-bond acceptors (Lipinski definition) is 4. The Morgan fingerprint density at radius 1 is 0.857 bits per heavy atom. The molecule has 1 rings (SSSR count). The molecule has 6 heteroatoms. The Morgan fingerprint density at radius 3 is 1.14 bits per heavy atom. The molecule has 1 aliphatic rings. The van der Waals surface area contributed by atoms with Crippen molar-refractivity contribution in [3.8, 4) is 12.1 Å². The summed E-state index contributed by atoms with van der Waals surface area (Å²) in [5.74, 6) is 0.194. The number of alkyl halides is 2. The van der Waals surface area contributed by atoms with E-state index < -0.39 is 0 Å². The van der Waals surface area contributed by atoms with E-state index >= 15 is 0 Å². The van der Waals surface area contributed by atoms with Crippen molar-refractivity contribution in [1.29, 1.82) is 10.5 Å². The van der Waals surface area contributed by atoms with Gasteiger partial charge in [-0.25, -0.2) is 0 Å². The summed E-state index contributed by atoms with van der Waals surface area (Å²) in [7, 11) is 0. The molecule has 80 valence electrons. The Morgan fingerprint density at radius 2 is 1.07 bits per heavy atom. The average Bonchev–Trinajstić information content (AvgIpc) is 2.32. The summed E-state index contributed by atoms with van der Waals surface area (Å²) in [6.07, 6.45) is 0. The van der Waals surface area contributed by atoms with E-state index in [1.54, 1.807) is 12.1 Å². The minimum atomic E-state index is 0.0972. The first-order valence-electron chi connectivity index (χ1n) is 3.84. The summed E-state index contributed by atoms with van der Waals surface area (Å²) in [5, 5.41) is 15.0. The van der Waals surface area contributed by atoms with Gasteiger partial charge in [0.15, 0.2) is 0 Å². The zero-order valence-electron chi connectivity index (χ0n) is 7.71. The Kier molecular flexibility index (Phi) is 20.8. The van der Waals surface area contributed by atoms with Crippen LogP contribution in [0, 0.1) is 22.7 Å². The van der Waals surface area contributed by atoms with Crippen LogP contribution in [0.5, 0.6) is 0 Å². The van der Waals surface area contributed by atoms with Gasteiger partial charge in [0.2, 0.25) is 0 Å². The second-order valence-corrected chi connectivity index (χ2v) is 2.34. The normalized spacial score (nSPS) is 13.1. The number of hydrogen-bond donors (Lipinski definition) is 0. The number of nitriles is 2. The lowest BCUT2D eigenvalue weighted by atomic mass is 10.6. The van der Waals surface area contributed by atoms with Crippen molar-refractivity contribution < 1.29 is 9.47 Å². The lowest BCUT2D eigenvalue weighted by Gasteiger charge is -2.09. The molecular formula is C8H12Cl2N2O2. The highest BCUT2D eigenvalue weighted by Crippen LogP contribution is 1.85. The molecule has 0 saturated carbocycles. The third-order valence-electron chi connectivity index (χ3n) is 0.864. The van der Waals surface area contributed by atoms with Crippen LogP contribution in [0.25, 0.3) is 0 Å². The number of ether oxygens (including phenoxy) is 2. The molecule has 0 aliphatic carbocycles. The Labute approximate surface area is 93.9 Å². The lowest BCUT2D eigenvalue weighted by Crippen LogP contribution is -2.16. The molecule has 0 aromatic rings. The molecule has 0 atom stereocenters. The SMILES string of the molecule is C1COCCO1.N#CCCl.N#CCCl. The molecule has 14 heavy (non-hydrogen) atoms. The zero-order chi connectivity index (χ0) is 11.1. The van der Waals surface area contributed by atoms with Gasteiger partial charge in [0.1, 0.15) is 11.8 Å². The van der Waals surface area contributed by atoms with E-state index in [9.17, 15) is 0 Å². The van der Waals surface area contributed by atoms with Gasteiger partial charge >= 0.3 is 0 Å². The third kappa shape index (κ3) is 22.5. The van der Waals surface area contributed by atoms with E-state index in [1.165, 1.54) is 0 Å². The van der Waals surface area contributed by atoms with Crippen LogP contribution in [-0.4, -0.2) is 38.2 Å². The maximum Gasteiger partial charge on any atom is 0.109 e. The van der Waals surface area contributed by atoms with Crippen LogP contribution in [0.1, 0.15) is 0 Å². The predicted molar refractivity (Wildman–Crippen MR) is 54.3 cm³/mol. The monoisotopic (exact) mass is 238 g/mol. The first-order valence-corrected chi connectivity index (χ1v) is 4.91. The molecule has 0 N–H and O–H groups in total. The topological polar surface area (TPSA) is 66.0 Å². The summed E-state index contributed by atoms with van der Waals surface area (Å²) in [6, 6.07) is 3.39. The van der Waals surface area contributed by atoms with Gasteiger partial charge in [-0.05, 0) is 0 Å². The van der Waals surface area contributed by atoms with E-state index in [0.29, 0.717) is 0 Å². The molecule has 1 aliphatic heterocycles. The number of halogens is 2. The van der Waals surface area contributed by atoms with Crippen molar-refractivity contribution in [1.82, 2.24) is 0 Å². The van der Waals surface area contributed by atoms with Gasteiger partial charge in [0.05, 0.1) is 38.6 Å². The van der Waals surface area contributed by atoms with Gasteiger partial charge in [0, 0.05) is 0 Å². The van der Waals surface area contributed by atoms with Gasteiger partial charge in [0.25, 0.3) is 0 Å². The van der Waals surface area contributed by atoms with E-state index in [2.05, 4.69) is 0 Å². The summed E-state index contributed by atoms with van der Waals surface area (Å²) in [5.41, 5.74) is 0. The quantitative estimate of drug-likeness (QED) is 0.601. The highest BCUT2D eigenvalue weighted by molar-refractivity contribution is 6.19. The average molecular weight is 239 g/mol. The van der Waals surface area contributed by atoms with Crippen LogP contribution in [0.2, 0.25) is 0 Å². The number of nitrogens with zero attached hydrogens (tertiary/aromatic N) is 2. The molecule has 0 unspecified atom stereocenters. The highest BCUT2D eigenvalue weighted by Gasteiger charge is 1.94. The molecule has 0 radical (unpaired) electrons. The molecule has 1 heterocycles. The second kappa shape index (κ2) is 18.3. The molecule has 0 amide bonds. The number of rotatable bonds is 0. The predicted octanol–water partition coefficient (Wildman–Crippen LogP) is 1.53. The second-order valence-electron chi connectivity index (χ2n) is 1.81. The lowest BCUT2D eigenvalue weighted by molar-refractivity contribution is -0.0334. The fraction of sp³-hybridized carbons (Fsp3) is 0.750. The highest BCUT2D eigenvalue weighted by atomic mass is 35.5. The van der Waals surface area contributed by atoms with Gasteiger partial charge in [-0.1, -0.05) is 0 Å². The summed E-state index contributed by atoms with van der Waals surface area (Å²) in [6.45, 7) is 3.11. The summed E-state index contributed by atoms with van der Waals surface area (Å²) >= 11 is 9.65. The van der Waals surface area contributed by atoms with E-state index in [4.69, 9.17) is 43.2 Å². The Hall–Kier alpha value is -0.520. The first kappa shape index (κ1) is 15.9. The first-order chi connectivity index (χ1) is 6.83. The van der Waals surface area contributed by atoms with E-state index in [0.717, 1.165) is 26.4 Å². The zero-order valence-corrected chi connectivity index (χ0v) is 9.22. The van der Waals surface area contributed by atoms with Crippen molar-refractivity contribution in [3.63, 3.8) is 0 Å². The van der Waals surface area contributed by atoms with Crippen LogP contribution in [0.3, 0.4) is 0 Å². The molecule has 4 nitrogen and oxygen atoms in total. The van der Waals surface area contributed by atoms with E-state index in [1.807, 2.05) is 0 Å². The van der Waals surface area contributed by atoms with Crippen LogP contribution >= 0.6 is 23.2 Å². The molecular weight excluding hydrogens is 227 g/mol. The van der Waals surface area contributed by atoms with E-state index in [-0.39, 0.29) is 11.8 Å². The molecule has 1 saturated heterocycles. The van der Waals surface area contributed by atoms with Crippen molar-refractivity contribution >= 4 is 23.2 Å². The van der Waals surface area contributed by atoms with Crippen molar-refractivity contribution in [2.45, 2.75) is 0 Å². The standard InChI is InChI=1S/C4H8O2.2C2H2ClN/c1-2-6-4-3-5-1;2*3-1-2-4/h1-4H2;2*1H2. The molecule has 0 aromatic heterocycles. The molecule has 1 fully saturated rings. The van der Waals surface area contributed by atoms with Crippen molar-refractivity contribution in [2.75, 3.05) is 38.2 Å². The maximum absolute atomic E-state index is 7.49. The fourth-order valence-corrected chi connectivity index (χ4v) is 0.440. The van der Waals surface area contributed by atoms with Gasteiger partial charge < -0.3 is 9.47 Å². The minimum absolute atomic E-state index is 0.0972. The largest absolute Gasteiger partial charge is 0.377 e. The van der Waals surface area contributed by atoms with Crippen molar-refractivity contribution in [3.05, 3.63) is 0 Å². The Bertz CT molecular complexity index is 148. The fourth-order valence-electron chi connectivity index (χ4n) is 0.440. The van der Waals surface area contributed by atoms with Gasteiger partial charge in [-0.3, -0.25) is 0 Å². The molecule has 0 spiro atoms. The van der Waals surface area contributed by atoms with Crippen LogP contribution in [-0.2, 0) is 9.47 Å². The minimum Gasteiger partial charge on any atom is -0.377 e. The van der Waals surface area contributed by atoms with Crippen LogP contribution in [0.15, 0.2) is 0 Å². The van der Waals surface area contributed by atoms with Gasteiger partial charge in [-0.15, -0.1) is 23.2 Å². The van der Waals surface area contributed by atoms with Gasteiger partial charge in [-0.2, -0.15) is 10.5 Å².